The summed E-state index contributed by atoms with van der Waals surface area (Å²) in [4.78, 5) is 13.3. The van der Waals surface area contributed by atoms with Gasteiger partial charge in [-0.15, -0.1) is 0 Å². The Kier molecular flexibility index (Phi) is 5.98. The summed E-state index contributed by atoms with van der Waals surface area (Å²) < 4.78 is 18.8. The van der Waals surface area contributed by atoms with E-state index < -0.39 is 14.1 Å². The van der Waals surface area contributed by atoms with E-state index in [2.05, 4.69) is 71.1 Å². The highest BCUT2D eigenvalue weighted by Crippen LogP contribution is 2.63. The molecule has 0 amide bonds. The molecule has 0 radical (unpaired) electrons. The second kappa shape index (κ2) is 8.66. The molecule has 0 N–H and O–H groups in total. The van der Waals surface area contributed by atoms with Crippen molar-refractivity contribution < 1.29 is 18.7 Å². The van der Waals surface area contributed by atoms with Crippen LogP contribution in [0.4, 0.5) is 0 Å². The second-order valence-electron chi connectivity index (χ2n) is 13.9. The van der Waals surface area contributed by atoms with Crippen molar-refractivity contribution in [1.29, 1.82) is 0 Å². The summed E-state index contributed by atoms with van der Waals surface area (Å²) >= 11 is 0. The van der Waals surface area contributed by atoms with Crippen LogP contribution in [0.1, 0.15) is 84.1 Å². The lowest BCUT2D eigenvalue weighted by Crippen LogP contribution is -2.44. The zero-order chi connectivity index (χ0) is 26.2. The molecule has 1 aliphatic heterocycles. The van der Waals surface area contributed by atoms with E-state index in [1.54, 1.807) is 11.1 Å². The van der Waals surface area contributed by atoms with Gasteiger partial charge in [0.1, 0.15) is 11.5 Å². The minimum atomic E-state index is -1.89. The number of allylic oxidation sites excluding steroid dienone is 3. The third kappa shape index (κ3) is 4.11. The van der Waals surface area contributed by atoms with E-state index in [9.17, 15) is 4.79 Å². The van der Waals surface area contributed by atoms with Crippen molar-refractivity contribution in [3.05, 3.63) is 52.6 Å². The first kappa shape index (κ1) is 25.6. The van der Waals surface area contributed by atoms with Crippen molar-refractivity contribution in [3.63, 3.8) is 0 Å². The van der Waals surface area contributed by atoms with Gasteiger partial charge in [-0.2, -0.15) is 0 Å². The average molecular weight is 521 g/mol. The number of rotatable bonds is 3. The van der Waals surface area contributed by atoms with Crippen LogP contribution in [0.2, 0.25) is 18.1 Å². The quantitative estimate of drug-likeness (QED) is 0.383. The van der Waals surface area contributed by atoms with Crippen molar-refractivity contribution in [2.75, 3.05) is 13.2 Å². The molecule has 1 aromatic rings. The molecular weight excluding hydrogens is 476 g/mol. The monoisotopic (exact) mass is 520 g/mol. The molecule has 0 aromatic heterocycles. The van der Waals surface area contributed by atoms with E-state index in [1.165, 1.54) is 11.1 Å². The van der Waals surface area contributed by atoms with E-state index in [4.69, 9.17) is 13.9 Å². The molecule has 0 bridgehead atoms. The molecule has 1 heterocycles. The fraction of sp³-hybridized carbons (Fsp3) is 0.656. The molecule has 37 heavy (non-hydrogen) atoms. The van der Waals surface area contributed by atoms with Crippen molar-refractivity contribution >= 4 is 14.1 Å². The van der Waals surface area contributed by atoms with E-state index in [1.807, 2.05) is 0 Å². The van der Waals surface area contributed by atoms with Gasteiger partial charge >= 0.3 is 0 Å². The van der Waals surface area contributed by atoms with E-state index >= 15 is 0 Å². The Labute approximate surface area is 224 Å². The maximum atomic E-state index is 13.3. The molecule has 2 saturated carbocycles. The standard InChI is InChI=1S/C32H44O4Si/c1-30(2,3)37(5,6)36-23-10-7-21(8-11-23)26-20-31(4)27(13-14-28(31)33)25-12-9-22-19-32(34-17-18-35-32)16-15-24(22)29(25)26/h7-8,10-11,19,25-27H,9,12-18,20H2,1-6H3. The van der Waals surface area contributed by atoms with Gasteiger partial charge in [0.15, 0.2) is 5.79 Å². The lowest BCUT2D eigenvalue weighted by Gasteiger charge is -2.51. The molecular formula is C32H44O4Si. The van der Waals surface area contributed by atoms with Crippen molar-refractivity contribution in [1.82, 2.24) is 0 Å². The van der Waals surface area contributed by atoms with Crippen molar-refractivity contribution in [2.24, 2.45) is 17.3 Å². The van der Waals surface area contributed by atoms with Crippen LogP contribution < -0.4 is 4.43 Å². The topological polar surface area (TPSA) is 44.8 Å². The van der Waals surface area contributed by atoms with Crippen LogP contribution in [0.25, 0.3) is 0 Å². The highest BCUT2D eigenvalue weighted by atomic mass is 28.4. The number of hydrogen-bond donors (Lipinski definition) is 0. The maximum Gasteiger partial charge on any atom is 0.250 e. The number of carbonyl (C=O) groups excluding carboxylic acids is 1. The molecule has 6 rings (SSSR count). The van der Waals surface area contributed by atoms with E-state index in [0.717, 1.165) is 50.7 Å². The van der Waals surface area contributed by atoms with Crippen molar-refractivity contribution in [2.45, 2.75) is 102 Å². The zero-order valence-electron chi connectivity index (χ0n) is 23.6. The third-order valence-corrected chi connectivity index (χ3v) is 15.2. The van der Waals surface area contributed by atoms with Crippen molar-refractivity contribution in [3.8, 4) is 5.75 Å². The average Bonchev–Trinajstić information content (AvgIpc) is 3.41. The molecule has 4 aliphatic carbocycles. The molecule has 1 spiro atoms. The fourth-order valence-corrected chi connectivity index (χ4v) is 8.80. The summed E-state index contributed by atoms with van der Waals surface area (Å²) in [5, 5.41) is 0.164. The van der Waals surface area contributed by atoms with Gasteiger partial charge in [0, 0.05) is 24.2 Å². The summed E-state index contributed by atoms with van der Waals surface area (Å²) in [6, 6.07) is 8.92. The molecule has 5 heteroatoms. The Morgan fingerprint density at radius 1 is 1.00 bits per heavy atom. The van der Waals surface area contributed by atoms with Crippen LogP contribution in [0.5, 0.6) is 5.75 Å². The van der Waals surface area contributed by atoms with Crippen LogP contribution in [-0.2, 0) is 14.3 Å². The molecule has 1 aromatic carbocycles. The van der Waals surface area contributed by atoms with Gasteiger partial charge in [0.25, 0.3) is 0 Å². The smallest absolute Gasteiger partial charge is 0.250 e. The van der Waals surface area contributed by atoms with Gasteiger partial charge in [-0.25, -0.2) is 0 Å². The van der Waals surface area contributed by atoms with Gasteiger partial charge in [-0.05, 0) is 97.0 Å². The van der Waals surface area contributed by atoms with Crippen LogP contribution in [0.3, 0.4) is 0 Å². The first-order chi connectivity index (χ1) is 17.4. The third-order valence-electron chi connectivity index (χ3n) is 10.8. The van der Waals surface area contributed by atoms with Gasteiger partial charge in [-0.3, -0.25) is 4.79 Å². The number of Topliss-reactive ketones (excluding diaryl/α,β-unsaturated/α-hetero) is 1. The summed E-state index contributed by atoms with van der Waals surface area (Å²) in [6.45, 7) is 15.1. The van der Waals surface area contributed by atoms with E-state index in [0.29, 0.717) is 30.8 Å². The maximum absolute atomic E-state index is 13.3. The normalized spacial score (nSPS) is 33.2. The number of hydrogen-bond acceptors (Lipinski definition) is 4. The second-order valence-corrected chi connectivity index (χ2v) is 18.7. The number of ketones is 1. The highest BCUT2D eigenvalue weighted by Gasteiger charge is 2.57. The number of ether oxygens (including phenoxy) is 2. The first-order valence-corrected chi connectivity index (χ1v) is 17.4. The molecule has 4 unspecified atom stereocenters. The van der Waals surface area contributed by atoms with Crippen LogP contribution in [0.15, 0.2) is 47.1 Å². The molecule has 200 valence electrons. The minimum Gasteiger partial charge on any atom is -0.544 e. The molecule has 5 aliphatic rings. The van der Waals surface area contributed by atoms with Crippen LogP contribution in [-0.4, -0.2) is 33.1 Å². The highest BCUT2D eigenvalue weighted by molar-refractivity contribution is 6.74. The molecule has 4 nitrogen and oxygen atoms in total. The largest absolute Gasteiger partial charge is 0.544 e. The molecule has 1 saturated heterocycles. The predicted molar refractivity (Wildman–Crippen MR) is 149 cm³/mol. The Hall–Kier alpha value is -1.69. The predicted octanol–water partition coefficient (Wildman–Crippen LogP) is 7.71. The Bertz CT molecular complexity index is 1150. The summed E-state index contributed by atoms with van der Waals surface area (Å²) in [5.41, 5.74) is 5.75. The Morgan fingerprint density at radius 2 is 1.70 bits per heavy atom. The zero-order valence-corrected chi connectivity index (χ0v) is 24.6. The Morgan fingerprint density at radius 3 is 2.38 bits per heavy atom. The molecule has 3 fully saturated rings. The Balaban J connectivity index is 1.39. The van der Waals surface area contributed by atoms with Crippen LogP contribution in [0, 0.1) is 17.3 Å². The lowest BCUT2D eigenvalue weighted by molar-refractivity contribution is -0.128. The van der Waals surface area contributed by atoms with Gasteiger partial charge in [0.2, 0.25) is 8.32 Å². The van der Waals surface area contributed by atoms with Crippen LogP contribution >= 0.6 is 0 Å². The van der Waals surface area contributed by atoms with E-state index in [-0.39, 0.29) is 16.4 Å². The summed E-state index contributed by atoms with van der Waals surface area (Å²) in [6.07, 6.45) is 9.16. The fourth-order valence-electron chi connectivity index (χ4n) is 7.77. The number of fused-ring (bicyclic) bond motifs is 4. The minimum absolute atomic E-state index is 0.164. The SMILES string of the molecule is CC12CC(c3ccc(O[Si](C)(C)C(C)(C)C)cc3)C3=C4CCC5(C=C4CCC3C1CCC2=O)OCCO5. The van der Waals surface area contributed by atoms with Gasteiger partial charge < -0.3 is 13.9 Å². The summed E-state index contributed by atoms with van der Waals surface area (Å²) in [7, 11) is -1.89. The van der Waals surface area contributed by atoms with Gasteiger partial charge in [0.05, 0.1) is 13.2 Å². The summed E-state index contributed by atoms with van der Waals surface area (Å²) in [5.74, 6) is 2.23. The number of benzene rings is 1. The molecule has 4 atom stereocenters. The first-order valence-electron chi connectivity index (χ1n) is 14.5. The number of carbonyl (C=O) groups is 1. The van der Waals surface area contributed by atoms with Gasteiger partial charge in [-0.1, -0.05) is 45.4 Å². The lowest BCUT2D eigenvalue weighted by atomic mass is 9.53.